The van der Waals surface area contributed by atoms with Crippen LogP contribution in [0.1, 0.15) is 31.0 Å². The topological polar surface area (TPSA) is 29.9 Å². The van der Waals surface area contributed by atoms with E-state index < -0.39 is 0 Å². The zero-order valence-electron chi connectivity index (χ0n) is 8.83. The van der Waals surface area contributed by atoms with Crippen LogP contribution in [0.2, 0.25) is 0 Å². The molecule has 0 bridgehead atoms. The first-order valence-electron chi connectivity index (χ1n) is 4.88. The van der Waals surface area contributed by atoms with Crippen molar-refractivity contribution in [2.45, 2.75) is 25.3 Å². The summed E-state index contributed by atoms with van der Waals surface area (Å²) in [6.07, 6.45) is 10.1. The zero-order valence-corrected chi connectivity index (χ0v) is 8.83. The van der Waals surface area contributed by atoms with Crippen molar-refractivity contribution in [2.24, 2.45) is 7.05 Å². The fourth-order valence-corrected chi connectivity index (χ4v) is 1.47. The molecule has 1 heterocycles. The Balaban J connectivity index is 2.50. The number of rotatable bonds is 5. The summed E-state index contributed by atoms with van der Waals surface area (Å²) in [6, 6.07) is 2.36. The Morgan fingerprint density at radius 3 is 3.00 bits per heavy atom. The van der Waals surface area contributed by atoms with E-state index in [-0.39, 0.29) is 0 Å². The molecule has 14 heavy (non-hydrogen) atoms. The highest BCUT2D eigenvalue weighted by Crippen LogP contribution is 2.16. The van der Waals surface area contributed by atoms with Crippen LogP contribution in [0.4, 0.5) is 0 Å². The lowest BCUT2D eigenvalue weighted by Gasteiger charge is -2.12. The van der Waals surface area contributed by atoms with E-state index in [1.807, 2.05) is 31.0 Å². The zero-order chi connectivity index (χ0) is 10.4. The molecular weight excluding hydrogens is 174 g/mol. The van der Waals surface area contributed by atoms with Gasteiger partial charge in [-0.15, -0.1) is 12.3 Å². The summed E-state index contributed by atoms with van der Waals surface area (Å²) in [5.41, 5.74) is 1.09. The van der Waals surface area contributed by atoms with Crippen LogP contribution < -0.4 is 5.32 Å². The van der Waals surface area contributed by atoms with Gasteiger partial charge in [-0.05, 0) is 26.0 Å². The number of aromatic nitrogens is 2. The second-order valence-corrected chi connectivity index (χ2v) is 3.35. The summed E-state index contributed by atoms with van der Waals surface area (Å²) in [5.74, 6) is 2.65. The number of nitrogens with zero attached hydrogens (tertiary/aromatic N) is 2. The predicted molar refractivity (Wildman–Crippen MR) is 57.7 cm³/mol. The van der Waals surface area contributed by atoms with Crippen LogP contribution in [0, 0.1) is 12.3 Å². The van der Waals surface area contributed by atoms with Gasteiger partial charge in [0.05, 0.1) is 11.7 Å². The molecule has 0 saturated heterocycles. The summed E-state index contributed by atoms with van der Waals surface area (Å²) in [5, 5.41) is 7.61. The lowest BCUT2D eigenvalue weighted by atomic mass is 10.1. The van der Waals surface area contributed by atoms with Crippen LogP contribution in [0.25, 0.3) is 0 Å². The molecule has 1 atom stereocenters. The van der Waals surface area contributed by atoms with Gasteiger partial charge in [-0.25, -0.2) is 0 Å². The van der Waals surface area contributed by atoms with Crippen LogP contribution >= 0.6 is 0 Å². The maximum absolute atomic E-state index is 5.21. The van der Waals surface area contributed by atoms with Crippen molar-refractivity contribution in [1.82, 2.24) is 15.1 Å². The molecule has 0 amide bonds. The second-order valence-electron chi connectivity index (χ2n) is 3.35. The molecule has 0 aliphatic rings. The highest BCUT2D eigenvalue weighted by Gasteiger charge is 2.10. The van der Waals surface area contributed by atoms with Crippen molar-refractivity contribution >= 4 is 0 Å². The average molecular weight is 191 g/mol. The van der Waals surface area contributed by atoms with Gasteiger partial charge in [0.2, 0.25) is 0 Å². The van der Waals surface area contributed by atoms with E-state index in [9.17, 15) is 0 Å². The van der Waals surface area contributed by atoms with Crippen molar-refractivity contribution in [3.05, 3.63) is 18.0 Å². The minimum absolute atomic E-state index is 0.324. The van der Waals surface area contributed by atoms with Crippen LogP contribution in [0.3, 0.4) is 0 Å². The molecule has 0 saturated carbocycles. The third-order valence-electron chi connectivity index (χ3n) is 2.25. The smallest absolute Gasteiger partial charge is 0.0793 e. The molecule has 0 aliphatic heterocycles. The van der Waals surface area contributed by atoms with Gasteiger partial charge < -0.3 is 5.32 Å². The molecule has 0 fully saturated rings. The number of unbranched alkanes of at least 4 members (excludes halogenated alkanes) is 1. The highest BCUT2D eigenvalue weighted by molar-refractivity contribution is 5.05. The van der Waals surface area contributed by atoms with Gasteiger partial charge in [-0.1, -0.05) is 0 Å². The first-order chi connectivity index (χ1) is 6.77. The monoisotopic (exact) mass is 191 g/mol. The van der Waals surface area contributed by atoms with Crippen molar-refractivity contribution in [1.29, 1.82) is 0 Å². The first kappa shape index (κ1) is 10.8. The van der Waals surface area contributed by atoms with E-state index in [4.69, 9.17) is 6.42 Å². The van der Waals surface area contributed by atoms with Crippen LogP contribution in [0.15, 0.2) is 12.3 Å². The van der Waals surface area contributed by atoms with Crippen molar-refractivity contribution in [3.63, 3.8) is 0 Å². The second kappa shape index (κ2) is 5.46. The van der Waals surface area contributed by atoms with E-state index in [2.05, 4.69) is 16.3 Å². The van der Waals surface area contributed by atoms with Crippen molar-refractivity contribution in [3.8, 4) is 12.3 Å². The van der Waals surface area contributed by atoms with E-state index in [1.165, 1.54) is 0 Å². The molecule has 1 N–H and O–H groups in total. The molecular formula is C11H17N3. The summed E-state index contributed by atoms with van der Waals surface area (Å²) in [7, 11) is 3.88. The molecule has 76 valence electrons. The van der Waals surface area contributed by atoms with Gasteiger partial charge >= 0.3 is 0 Å². The predicted octanol–water partition coefficient (Wildman–Crippen LogP) is 1.48. The van der Waals surface area contributed by atoms with Gasteiger partial charge in [0.15, 0.2) is 0 Å². The highest BCUT2D eigenvalue weighted by atomic mass is 15.3. The number of terminal acetylenes is 1. The molecule has 0 aliphatic carbocycles. The molecule has 0 spiro atoms. The van der Waals surface area contributed by atoms with Gasteiger partial charge in [-0.2, -0.15) is 5.10 Å². The lowest BCUT2D eigenvalue weighted by molar-refractivity contribution is 0.512. The Labute approximate surface area is 85.5 Å². The van der Waals surface area contributed by atoms with Gasteiger partial charge in [0, 0.05) is 19.7 Å². The minimum atomic E-state index is 0.324. The molecule has 3 heteroatoms. The molecule has 1 unspecified atom stereocenters. The molecule has 0 radical (unpaired) electrons. The van der Waals surface area contributed by atoms with Crippen LogP contribution in [-0.2, 0) is 7.05 Å². The van der Waals surface area contributed by atoms with Crippen LogP contribution in [-0.4, -0.2) is 16.8 Å². The lowest BCUT2D eigenvalue weighted by Crippen LogP contribution is -2.17. The molecule has 0 aromatic carbocycles. The third kappa shape index (κ3) is 2.90. The standard InChI is InChI=1S/C11H17N3/c1-4-5-6-7-10(12-2)11-8-9-14(3)13-11/h1,8-10,12H,5-7H2,2-3H3. The minimum Gasteiger partial charge on any atom is -0.312 e. The van der Waals surface area contributed by atoms with Crippen LogP contribution in [0.5, 0.6) is 0 Å². The number of nitrogens with one attached hydrogen (secondary N) is 1. The van der Waals surface area contributed by atoms with Gasteiger partial charge in [0.1, 0.15) is 0 Å². The van der Waals surface area contributed by atoms with E-state index in [0.29, 0.717) is 6.04 Å². The van der Waals surface area contributed by atoms with Gasteiger partial charge in [0.25, 0.3) is 0 Å². The third-order valence-corrected chi connectivity index (χ3v) is 2.25. The molecule has 3 nitrogen and oxygen atoms in total. The summed E-state index contributed by atoms with van der Waals surface area (Å²) < 4.78 is 1.82. The number of hydrogen-bond donors (Lipinski definition) is 1. The van der Waals surface area contributed by atoms with Crippen molar-refractivity contribution in [2.75, 3.05) is 7.05 Å². The molecule has 1 rings (SSSR count). The Kier molecular flexibility index (Phi) is 4.21. The summed E-state index contributed by atoms with van der Waals surface area (Å²) in [4.78, 5) is 0. The summed E-state index contributed by atoms with van der Waals surface area (Å²) >= 11 is 0. The molecule has 1 aromatic rings. The largest absolute Gasteiger partial charge is 0.312 e. The fourth-order valence-electron chi connectivity index (χ4n) is 1.47. The van der Waals surface area contributed by atoms with E-state index in [1.54, 1.807) is 0 Å². The maximum atomic E-state index is 5.21. The summed E-state index contributed by atoms with van der Waals surface area (Å²) in [6.45, 7) is 0. The maximum Gasteiger partial charge on any atom is 0.0793 e. The van der Waals surface area contributed by atoms with E-state index >= 15 is 0 Å². The SMILES string of the molecule is C#CCCCC(NC)c1ccn(C)n1. The van der Waals surface area contributed by atoms with Crippen molar-refractivity contribution < 1.29 is 0 Å². The normalized spacial score (nSPS) is 12.4. The van der Waals surface area contributed by atoms with E-state index in [0.717, 1.165) is 25.0 Å². The number of hydrogen-bond acceptors (Lipinski definition) is 2. The first-order valence-corrected chi connectivity index (χ1v) is 4.88. The Morgan fingerprint density at radius 1 is 1.71 bits per heavy atom. The van der Waals surface area contributed by atoms with Gasteiger partial charge in [-0.3, -0.25) is 4.68 Å². The Hall–Kier alpha value is -1.27. The Morgan fingerprint density at radius 2 is 2.50 bits per heavy atom. The quantitative estimate of drug-likeness (QED) is 0.564. The Bertz CT molecular complexity index is 309. The average Bonchev–Trinajstić information content (AvgIpc) is 2.60. The fraction of sp³-hybridized carbons (Fsp3) is 0.545. The number of aryl methyl sites for hydroxylation is 1. The molecule has 1 aromatic heterocycles.